The molecule has 0 spiro atoms. The third-order valence-electron chi connectivity index (χ3n) is 4.31. The van der Waals surface area contributed by atoms with Crippen LogP contribution in [-0.4, -0.2) is 25.3 Å². The Morgan fingerprint density at radius 2 is 1.65 bits per heavy atom. The maximum absolute atomic E-state index is 12.4. The van der Waals surface area contributed by atoms with Gasteiger partial charge in [-0.3, -0.25) is 4.79 Å². The van der Waals surface area contributed by atoms with Gasteiger partial charge >= 0.3 is 0 Å². The predicted molar refractivity (Wildman–Crippen MR) is 126 cm³/mol. The molecule has 0 radical (unpaired) electrons. The van der Waals surface area contributed by atoms with Crippen molar-refractivity contribution >= 4 is 23.9 Å². The molecular formula is C25H26N2O3S. The summed E-state index contributed by atoms with van der Waals surface area (Å²) >= 11 is 1.76. The highest BCUT2D eigenvalue weighted by Gasteiger charge is 2.06. The molecule has 0 saturated heterocycles. The van der Waals surface area contributed by atoms with E-state index in [0.29, 0.717) is 30.3 Å². The molecule has 0 heterocycles. The Morgan fingerprint density at radius 1 is 0.935 bits per heavy atom. The number of amides is 1. The van der Waals surface area contributed by atoms with E-state index in [1.54, 1.807) is 18.0 Å². The van der Waals surface area contributed by atoms with Crippen LogP contribution in [0.25, 0.3) is 0 Å². The van der Waals surface area contributed by atoms with E-state index < -0.39 is 0 Å². The number of nitrogens with zero attached hydrogens (tertiary/aromatic N) is 1. The molecule has 0 unspecified atom stereocenters. The third-order valence-corrected chi connectivity index (χ3v) is 5.40. The minimum atomic E-state index is -0.255. The molecule has 1 amide bonds. The molecule has 5 nitrogen and oxygen atoms in total. The number of hydrazone groups is 1. The van der Waals surface area contributed by atoms with E-state index in [-0.39, 0.29) is 5.91 Å². The van der Waals surface area contributed by atoms with Gasteiger partial charge in [0.05, 0.1) is 19.4 Å². The first-order valence-corrected chi connectivity index (χ1v) is 11.2. The standard InChI is InChI=1S/C25H26N2O3S/c1-3-29-23-15-12-20(16-24(23)30-4-2)17-26-27-25(28)21-13-10-19(11-14-21)18-31-22-8-6-5-7-9-22/h5-17H,3-4,18H2,1-2H3,(H,27,28)/b26-17+. The second-order valence-electron chi connectivity index (χ2n) is 6.57. The molecule has 1 N–H and O–H groups in total. The lowest BCUT2D eigenvalue weighted by Gasteiger charge is -2.11. The van der Waals surface area contributed by atoms with Crippen molar-refractivity contribution in [1.82, 2.24) is 5.43 Å². The number of nitrogens with one attached hydrogen (secondary N) is 1. The molecule has 0 aliphatic heterocycles. The Bertz CT molecular complexity index is 1010. The largest absolute Gasteiger partial charge is 0.490 e. The van der Waals surface area contributed by atoms with Crippen LogP contribution in [0.4, 0.5) is 0 Å². The van der Waals surface area contributed by atoms with Crippen LogP contribution in [0.1, 0.15) is 35.3 Å². The summed E-state index contributed by atoms with van der Waals surface area (Å²) in [4.78, 5) is 13.6. The zero-order chi connectivity index (χ0) is 21.9. The molecule has 0 aliphatic rings. The van der Waals surface area contributed by atoms with Gasteiger partial charge in [0.1, 0.15) is 0 Å². The lowest BCUT2D eigenvalue weighted by atomic mass is 10.1. The molecular weight excluding hydrogens is 408 g/mol. The van der Waals surface area contributed by atoms with Gasteiger partial charge in [-0.2, -0.15) is 5.10 Å². The van der Waals surface area contributed by atoms with E-state index >= 15 is 0 Å². The fourth-order valence-corrected chi connectivity index (χ4v) is 3.69. The summed E-state index contributed by atoms with van der Waals surface area (Å²) in [6.45, 7) is 4.95. The minimum Gasteiger partial charge on any atom is -0.490 e. The van der Waals surface area contributed by atoms with Crippen molar-refractivity contribution in [3.8, 4) is 11.5 Å². The van der Waals surface area contributed by atoms with Crippen LogP contribution in [0.3, 0.4) is 0 Å². The second-order valence-corrected chi connectivity index (χ2v) is 7.62. The topological polar surface area (TPSA) is 59.9 Å². The maximum atomic E-state index is 12.4. The average Bonchev–Trinajstić information content (AvgIpc) is 2.80. The van der Waals surface area contributed by atoms with Gasteiger partial charge in [0.25, 0.3) is 5.91 Å². The number of rotatable bonds is 10. The third kappa shape index (κ3) is 6.89. The van der Waals surface area contributed by atoms with Crippen LogP contribution in [0.2, 0.25) is 0 Å². The van der Waals surface area contributed by atoms with E-state index in [1.165, 1.54) is 4.90 Å². The fraction of sp³-hybridized carbons (Fsp3) is 0.200. The number of thioether (sulfide) groups is 1. The number of carbonyl (C=O) groups excluding carboxylic acids is 1. The van der Waals surface area contributed by atoms with Crippen LogP contribution in [-0.2, 0) is 5.75 Å². The number of hydrogen-bond acceptors (Lipinski definition) is 5. The van der Waals surface area contributed by atoms with E-state index in [0.717, 1.165) is 16.9 Å². The lowest BCUT2D eigenvalue weighted by molar-refractivity contribution is 0.0955. The van der Waals surface area contributed by atoms with Crippen LogP contribution in [0, 0.1) is 0 Å². The minimum absolute atomic E-state index is 0.255. The van der Waals surface area contributed by atoms with Gasteiger partial charge in [0, 0.05) is 16.2 Å². The monoisotopic (exact) mass is 434 g/mol. The quantitative estimate of drug-likeness (QED) is 0.259. The van der Waals surface area contributed by atoms with Crippen molar-refractivity contribution in [1.29, 1.82) is 0 Å². The Balaban J connectivity index is 1.55. The molecule has 3 rings (SSSR count). The number of carbonyl (C=O) groups is 1. The van der Waals surface area contributed by atoms with Crippen molar-refractivity contribution in [2.45, 2.75) is 24.5 Å². The van der Waals surface area contributed by atoms with E-state index in [2.05, 4.69) is 22.7 Å². The summed E-state index contributed by atoms with van der Waals surface area (Å²) in [5.41, 5.74) is 5.10. The molecule has 160 valence electrons. The molecule has 0 aromatic heterocycles. The first-order valence-electron chi connectivity index (χ1n) is 10.2. The summed E-state index contributed by atoms with van der Waals surface area (Å²) in [6, 6.07) is 23.3. The van der Waals surface area contributed by atoms with E-state index in [1.807, 2.05) is 74.5 Å². The highest BCUT2D eigenvalue weighted by molar-refractivity contribution is 7.98. The predicted octanol–water partition coefficient (Wildman–Crippen LogP) is 5.54. The van der Waals surface area contributed by atoms with Crippen molar-refractivity contribution < 1.29 is 14.3 Å². The van der Waals surface area contributed by atoms with Crippen LogP contribution in [0.5, 0.6) is 11.5 Å². The fourth-order valence-electron chi connectivity index (χ4n) is 2.81. The number of hydrogen-bond donors (Lipinski definition) is 1. The van der Waals surface area contributed by atoms with Gasteiger partial charge in [0.2, 0.25) is 0 Å². The smallest absolute Gasteiger partial charge is 0.271 e. The normalized spacial score (nSPS) is 10.8. The zero-order valence-electron chi connectivity index (χ0n) is 17.7. The summed E-state index contributed by atoms with van der Waals surface area (Å²) in [7, 11) is 0. The Morgan fingerprint density at radius 3 is 2.35 bits per heavy atom. The Hall–Kier alpha value is -3.25. The molecule has 0 bridgehead atoms. The van der Waals surface area contributed by atoms with Crippen molar-refractivity contribution in [3.63, 3.8) is 0 Å². The Kier molecular flexibility index (Phi) is 8.55. The molecule has 6 heteroatoms. The molecule has 0 aliphatic carbocycles. The summed E-state index contributed by atoms with van der Waals surface area (Å²) < 4.78 is 11.2. The van der Waals surface area contributed by atoms with E-state index in [9.17, 15) is 4.79 Å². The number of ether oxygens (including phenoxy) is 2. The van der Waals surface area contributed by atoms with Gasteiger partial charge in [-0.15, -0.1) is 11.8 Å². The van der Waals surface area contributed by atoms with Gasteiger partial charge in [0.15, 0.2) is 11.5 Å². The van der Waals surface area contributed by atoms with Crippen molar-refractivity contribution in [2.24, 2.45) is 5.10 Å². The van der Waals surface area contributed by atoms with Gasteiger partial charge in [-0.1, -0.05) is 30.3 Å². The van der Waals surface area contributed by atoms with Gasteiger partial charge < -0.3 is 9.47 Å². The van der Waals surface area contributed by atoms with Crippen LogP contribution < -0.4 is 14.9 Å². The van der Waals surface area contributed by atoms with Crippen molar-refractivity contribution in [2.75, 3.05) is 13.2 Å². The molecule has 31 heavy (non-hydrogen) atoms. The molecule has 0 fully saturated rings. The summed E-state index contributed by atoms with van der Waals surface area (Å²) in [5, 5.41) is 4.07. The van der Waals surface area contributed by atoms with E-state index in [4.69, 9.17) is 9.47 Å². The average molecular weight is 435 g/mol. The molecule has 0 saturated carbocycles. The highest BCUT2D eigenvalue weighted by atomic mass is 32.2. The molecule has 3 aromatic rings. The summed E-state index contributed by atoms with van der Waals surface area (Å²) in [6.07, 6.45) is 1.58. The first-order chi connectivity index (χ1) is 15.2. The highest BCUT2D eigenvalue weighted by Crippen LogP contribution is 2.28. The first kappa shape index (κ1) is 22.4. The molecule has 3 aromatic carbocycles. The second kappa shape index (κ2) is 11.8. The summed E-state index contributed by atoms with van der Waals surface area (Å²) in [5.74, 6) is 1.94. The number of benzene rings is 3. The van der Waals surface area contributed by atoms with Crippen LogP contribution in [0.15, 0.2) is 82.8 Å². The Labute approximate surface area is 187 Å². The van der Waals surface area contributed by atoms with Gasteiger partial charge in [-0.25, -0.2) is 5.43 Å². The van der Waals surface area contributed by atoms with Crippen molar-refractivity contribution in [3.05, 3.63) is 89.5 Å². The van der Waals surface area contributed by atoms with Gasteiger partial charge in [-0.05, 0) is 67.4 Å². The van der Waals surface area contributed by atoms with Crippen LogP contribution >= 0.6 is 11.8 Å². The maximum Gasteiger partial charge on any atom is 0.271 e. The zero-order valence-corrected chi connectivity index (χ0v) is 18.5. The SMILES string of the molecule is CCOc1ccc(/C=N/NC(=O)c2ccc(CSc3ccccc3)cc2)cc1OCC. The lowest BCUT2D eigenvalue weighted by Crippen LogP contribution is -2.17. The molecule has 0 atom stereocenters.